The Labute approximate surface area is 219 Å². The van der Waals surface area contributed by atoms with Gasteiger partial charge in [-0.05, 0) is 78.9 Å². The van der Waals surface area contributed by atoms with Crippen molar-refractivity contribution < 1.29 is 24.2 Å². The zero-order chi connectivity index (χ0) is 25.4. The van der Waals surface area contributed by atoms with E-state index in [1.165, 1.54) is 12.1 Å². The largest absolute Gasteiger partial charge is 0.478 e. The first-order valence-corrected chi connectivity index (χ1v) is 12.0. The van der Waals surface area contributed by atoms with E-state index < -0.39 is 18.0 Å². The van der Waals surface area contributed by atoms with Crippen molar-refractivity contribution in [2.24, 2.45) is 0 Å². The van der Waals surface area contributed by atoms with E-state index in [1.54, 1.807) is 18.3 Å². The van der Waals surface area contributed by atoms with Crippen LogP contribution in [-0.4, -0.2) is 32.2 Å². The van der Waals surface area contributed by atoms with Crippen LogP contribution in [0.4, 0.5) is 5.69 Å². The minimum absolute atomic E-state index is 0.144. The number of carboxylic acids is 2. The predicted molar refractivity (Wildman–Crippen MR) is 140 cm³/mol. The van der Waals surface area contributed by atoms with Crippen molar-refractivity contribution in [1.82, 2.24) is 10.3 Å². The molecule has 1 aliphatic rings. The highest BCUT2D eigenvalue weighted by Gasteiger charge is 2.42. The molecule has 2 aromatic heterocycles. The summed E-state index contributed by atoms with van der Waals surface area (Å²) in [7, 11) is 0. The lowest BCUT2D eigenvalue weighted by Crippen LogP contribution is -2.29. The fourth-order valence-corrected chi connectivity index (χ4v) is 4.82. The number of benzene rings is 2. The fraction of sp³-hybridized carbons (Fsp3) is 0.0769. The topological polar surface area (TPSA) is 116 Å². The Kier molecular flexibility index (Phi) is 6.29. The van der Waals surface area contributed by atoms with Crippen LogP contribution >= 0.6 is 28.1 Å². The molecule has 0 bridgehead atoms. The summed E-state index contributed by atoms with van der Waals surface area (Å²) in [6.45, 7) is 0. The summed E-state index contributed by atoms with van der Waals surface area (Å²) in [5, 5.41) is 22.7. The third-order valence-electron chi connectivity index (χ3n) is 5.83. The third-order valence-corrected chi connectivity index (χ3v) is 6.68. The molecular weight excluding hydrogens is 546 g/mol. The van der Waals surface area contributed by atoms with E-state index in [0.717, 1.165) is 21.9 Å². The molecule has 0 radical (unpaired) electrons. The van der Waals surface area contributed by atoms with Crippen LogP contribution < -0.4 is 10.2 Å². The first kappa shape index (κ1) is 23.7. The Morgan fingerprint density at radius 3 is 2.28 bits per heavy atom. The molecule has 0 amide bonds. The Bertz CT molecular complexity index is 1440. The van der Waals surface area contributed by atoms with Crippen LogP contribution in [0.15, 0.2) is 87.9 Å². The maximum absolute atomic E-state index is 11.6. The molecule has 180 valence electrons. The molecule has 36 heavy (non-hydrogen) atoms. The number of carboxylic acid groups (broad SMARTS) is 2. The Balaban J connectivity index is 1.61. The molecular formula is C26H18BrN3O5S. The van der Waals surface area contributed by atoms with Gasteiger partial charge in [0.2, 0.25) is 0 Å². The van der Waals surface area contributed by atoms with E-state index in [9.17, 15) is 19.8 Å². The number of hydrogen-bond acceptors (Lipinski definition) is 5. The number of pyridine rings is 1. The van der Waals surface area contributed by atoms with Gasteiger partial charge in [-0.15, -0.1) is 0 Å². The highest BCUT2D eigenvalue weighted by Crippen LogP contribution is 2.43. The molecule has 10 heteroatoms. The van der Waals surface area contributed by atoms with Gasteiger partial charge in [0.1, 0.15) is 17.6 Å². The van der Waals surface area contributed by atoms with E-state index in [-0.39, 0.29) is 17.2 Å². The van der Waals surface area contributed by atoms with Crippen molar-refractivity contribution in [3.63, 3.8) is 0 Å². The van der Waals surface area contributed by atoms with Gasteiger partial charge in [0.05, 0.1) is 22.9 Å². The van der Waals surface area contributed by atoms with Gasteiger partial charge in [-0.3, -0.25) is 4.98 Å². The number of halogens is 1. The Morgan fingerprint density at radius 2 is 1.67 bits per heavy atom. The number of thiocarbonyl (C=S) groups is 1. The lowest BCUT2D eigenvalue weighted by atomic mass is 10.0. The number of aromatic carboxylic acids is 2. The molecule has 8 nitrogen and oxygen atoms in total. The van der Waals surface area contributed by atoms with E-state index in [4.69, 9.17) is 16.6 Å². The standard InChI is InChI=1S/C26H18BrN3O5S/c27-17-4-6-18(7-5-17)30-23(22(29-26(30)36)19-3-1-2-10-28-19)21-9-8-20(35-21)14-11-15(24(31)32)13-16(12-14)25(33)34/h1-13,22-23H,(H,29,36)(H,31,32)(H,33,34)/t22-,23-/m1/s1. The quantitative estimate of drug-likeness (QED) is 0.255. The normalized spacial score (nSPS) is 17.1. The number of nitrogens with one attached hydrogen (secondary N) is 1. The molecule has 0 saturated carbocycles. The van der Waals surface area contributed by atoms with Crippen molar-refractivity contribution in [2.45, 2.75) is 12.1 Å². The second kappa shape index (κ2) is 9.56. The number of carbonyl (C=O) groups is 2. The van der Waals surface area contributed by atoms with Crippen molar-refractivity contribution in [3.8, 4) is 11.3 Å². The van der Waals surface area contributed by atoms with Crippen LogP contribution in [0.3, 0.4) is 0 Å². The second-order valence-electron chi connectivity index (χ2n) is 8.08. The van der Waals surface area contributed by atoms with Crippen molar-refractivity contribution in [3.05, 3.63) is 106 Å². The van der Waals surface area contributed by atoms with Gasteiger partial charge < -0.3 is 24.8 Å². The maximum atomic E-state index is 11.6. The molecule has 1 fully saturated rings. The summed E-state index contributed by atoms with van der Waals surface area (Å²) < 4.78 is 7.16. The molecule has 2 atom stereocenters. The number of furan rings is 1. The van der Waals surface area contributed by atoms with E-state index in [2.05, 4.69) is 26.2 Å². The molecule has 5 rings (SSSR count). The maximum Gasteiger partial charge on any atom is 0.335 e. The highest BCUT2D eigenvalue weighted by molar-refractivity contribution is 9.10. The molecule has 0 unspecified atom stereocenters. The number of hydrogen-bond donors (Lipinski definition) is 3. The van der Waals surface area contributed by atoms with Crippen LogP contribution in [0.2, 0.25) is 0 Å². The summed E-state index contributed by atoms with van der Waals surface area (Å²) in [6, 6.07) is 20.0. The molecule has 0 spiro atoms. The summed E-state index contributed by atoms with van der Waals surface area (Å²) in [5.74, 6) is -1.57. The number of aromatic nitrogens is 1. The Hall–Kier alpha value is -4.02. The minimum atomic E-state index is -1.23. The smallest absolute Gasteiger partial charge is 0.335 e. The van der Waals surface area contributed by atoms with Crippen LogP contribution in [-0.2, 0) is 0 Å². The monoisotopic (exact) mass is 563 g/mol. The molecule has 2 aromatic carbocycles. The average Bonchev–Trinajstić information content (AvgIpc) is 3.49. The van der Waals surface area contributed by atoms with Gasteiger partial charge >= 0.3 is 11.9 Å². The van der Waals surface area contributed by atoms with Crippen molar-refractivity contribution in [2.75, 3.05) is 4.90 Å². The predicted octanol–water partition coefficient (Wildman–Crippen LogP) is 5.68. The number of rotatable bonds is 6. The molecule has 3 N–H and O–H groups in total. The highest BCUT2D eigenvalue weighted by atomic mass is 79.9. The first-order chi connectivity index (χ1) is 17.3. The van der Waals surface area contributed by atoms with Gasteiger partial charge in [0, 0.05) is 21.9 Å². The molecule has 0 aliphatic carbocycles. The SMILES string of the molecule is O=C(O)c1cc(C(=O)O)cc(-c2ccc([C@@H]3[C@@H](c4ccccn4)NC(=S)N3c3ccc(Br)cc3)o2)c1. The van der Waals surface area contributed by atoms with Gasteiger partial charge in [-0.1, -0.05) is 22.0 Å². The van der Waals surface area contributed by atoms with Crippen molar-refractivity contribution >= 4 is 50.9 Å². The lowest BCUT2D eigenvalue weighted by Gasteiger charge is -2.26. The van der Waals surface area contributed by atoms with Crippen LogP contribution in [0.25, 0.3) is 11.3 Å². The van der Waals surface area contributed by atoms with Crippen LogP contribution in [0, 0.1) is 0 Å². The summed E-state index contributed by atoms with van der Waals surface area (Å²) in [6.07, 6.45) is 1.71. The van der Waals surface area contributed by atoms with Crippen LogP contribution in [0.5, 0.6) is 0 Å². The average molecular weight is 564 g/mol. The van der Waals surface area contributed by atoms with Gasteiger partial charge in [0.15, 0.2) is 5.11 Å². The Morgan fingerprint density at radius 1 is 0.972 bits per heavy atom. The van der Waals surface area contributed by atoms with Gasteiger partial charge in [-0.2, -0.15) is 0 Å². The van der Waals surface area contributed by atoms with E-state index >= 15 is 0 Å². The zero-order valence-corrected chi connectivity index (χ0v) is 20.9. The van der Waals surface area contributed by atoms with Gasteiger partial charge in [-0.25, -0.2) is 9.59 Å². The summed E-state index contributed by atoms with van der Waals surface area (Å²) >= 11 is 9.16. The first-order valence-electron chi connectivity index (χ1n) is 10.8. The van der Waals surface area contributed by atoms with E-state index in [1.807, 2.05) is 47.4 Å². The van der Waals surface area contributed by atoms with Crippen LogP contribution in [0.1, 0.15) is 44.3 Å². The zero-order valence-electron chi connectivity index (χ0n) is 18.5. The van der Waals surface area contributed by atoms with Crippen molar-refractivity contribution in [1.29, 1.82) is 0 Å². The molecule has 1 aliphatic heterocycles. The molecule has 4 aromatic rings. The number of nitrogens with zero attached hydrogens (tertiary/aromatic N) is 2. The third kappa shape index (κ3) is 4.48. The number of anilines is 1. The van der Waals surface area contributed by atoms with E-state index in [0.29, 0.717) is 22.2 Å². The second-order valence-corrected chi connectivity index (χ2v) is 9.39. The summed E-state index contributed by atoms with van der Waals surface area (Å²) in [5.41, 5.74) is 1.67. The lowest BCUT2D eigenvalue weighted by molar-refractivity contribution is 0.0696. The molecule has 1 saturated heterocycles. The minimum Gasteiger partial charge on any atom is -0.478 e. The summed E-state index contributed by atoms with van der Waals surface area (Å²) in [4.78, 5) is 29.6. The molecule has 3 heterocycles. The fourth-order valence-electron chi connectivity index (χ4n) is 4.21. The van der Waals surface area contributed by atoms with Gasteiger partial charge in [0.25, 0.3) is 0 Å².